The summed E-state index contributed by atoms with van der Waals surface area (Å²) in [5.74, 6) is 0.115. The van der Waals surface area contributed by atoms with Crippen LogP contribution >= 0.6 is 0 Å². The van der Waals surface area contributed by atoms with Gasteiger partial charge in [0.25, 0.3) is 5.91 Å². The minimum absolute atomic E-state index is 0.128. The monoisotopic (exact) mass is 292 g/mol. The predicted molar refractivity (Wildman–Crippen MR) is 86.2 cm³/mol. The molecule has 1 amide bonds. The van der Waals surface area contributed by atoms with Gasteiger partial charge < -0.3 is 15.3 Å². The van der Waals surface area contributed by atoms with Crippen molar-refractivity contribution < 1.29 is 9.90 Å². The number of amides is 1. The summed E-state index contributed by atoms with van der Waals surface area (Å²) in [6.07, 6.45) is 1.37. The van der Waals surface area contributed by atoms with Crippen molar-refractivity contribution in [3.8, 4) is 0 Å². The number of hydrogen-bond acceptors (Lipinski definition) is 3. The molecule has 0 aromatic heterocycles. The molecule has 4 nitrogen and oxygen atoms in total. The molecular weight excluding hydrogens is 264 g/mol. The SMILES string of the molecule is CCC(CC)C(O)CNC(=O)c1ccc(CN(C)C)cc1. The van der Waals surface area contributed by atoms with E-state index in [1.165, 1.54) is 5.56 Å². The van der Waals surface area contributed by atoms with Crippen LogP contribution in [0.4, 0.5) is 0 Å². The van der Waals surface area contributed by atoms with E-state index < -0.39 is 6.10 Å². The first kappa shape index (κ1) is 17.7. The Morgan fingerprint density at radius 3 is 2.24 bits per heavy atom. The smallest absolute Gasteiger partial charge is 0.251 e. The van der Waals surface area contributed by atoms with E-state index in [2.05, 4.69) is 24.1 Å². The van der Waals surface area contributed by atoms with Gasteiger partial charge in [0.2, 0.25) is 0 Å². The molecule has 1 rings (SSSR count). The summed E-state index contributed by atoms with van der Waals surface area (Å²) < 4.78 is 0. The molecule has 1 atom stereocenters. The Labute approximate surface area is 128 Å². The Balaban J connectivity index is 2.52. The minimum Gasteiger partial charge on any atom is -0.391 e. The van der Waals surface area contributed by atoms with Crippen molar-refractivity contribution in [1.29, 1.82) is 0 Å². The second-order valence-electron chi connectivity index (χ2n) is 5.79. The highest BCUT2D eigenvalue weighted by Gasteiger charge is 2.16. The molecule has 1 unspecified atom stereocenters. The predicted octanol–water partition coefficient (Wildman–Crippen LogP) is 2.28. The number of hydrogen-bond donors (Lipinski definition) is 2. The van der Waals surface area contributed by atoms with Gasteiger partial charge in [-0.25, -0.2) is 0 Å². The van der Waals surface area contributed by atoms with Crippen LogP contribution in [0.5, 0.6) is 0 Å². The largest absolute Gasteiger partial charge is 0.391 e. The molecule has 0 saturated carbocycles. The lowest BCUT2D eigenvalue weighted by atomic mass is 9.96. The molecule has 0 saturated heterocycles. The number of carbonyl (C=O) groups excluding carboxylic acids is 1. The molecular formula is C17H28N2O2. The normalized spacial score (nSPS) is 12.7. The third-order valence-electron chi connectivity index (χ3n) is 3.78. The average molecular weight is 292 g/mol. The average Bonchev–Trinajstić information content (AvgIpc) is 2.46. The van der Waals surface area contributed by atoms with Crippen molar-refractivity contribution in [2.45, 2.75) is 39.3 Å². The van der Waals surface area contributed by atoms with Gasteiger partial charge in [0.1, 0.15) is 0 Å². The molecule has 0 aliphatic rings. The number of carbonyl (C=O) groups is 1. The maximum Gasteiger partial charge on any atom is 0.251 e. The summed E-state index contributed by atoms with van der Waals surface area (Å²) >= 11 is 0. The maximum atomic E-state index is 12.0. The van der Waals surface area contributed by atoms with Gasteiger partial charge in [0.05, 0.1) is 6.10 Å². The third-order valence-corrected chi connectivity index (χ3v) is 3.78. The lowest BCUT2D eigenvalue weighted by molar-refractivity contribution is 0.0816. The van der Waals surface area contributed by atoms with Crippen molar-refractivity contribution in [3.05, 3.63) is 35.4 Å². The molecule has 0 aliphatic carbocycles. The van der Waals surface area contributed by atoms with Crippen molar-refractivity contribution in [3.63, 3.8) is 0 Å². The van der Waals surface area contributed by atoms with E-state index >= 15 is 0 Å². The van der Waals surface area contributed by atoms with E-state index in [0.717, 1.165) is 19.4 Å². The van der Waals surface area contributed by atoms with Crippen LogP contribution in [0, 0.1) is 5.92 Å². The number of benzene rings is 1. The van der Waals surface area contributed by atoms with Gasteiger partial charge >= 0.3 is 0 Å². The lowest BCUT2D eigenvalue weighted by Crippen LogP contribution is -2.36. The Kier molecular flexibility index (Phi) is 7.40. The molecule has 21 heavy (non-hydrogen) atoms. The van der Waals surface area contributed by atoms with E-state index in [0.29, 0.717) is 12.1 Å². The molecule has 0 heterocycles. The first-order valence-corrected chi connectivity index (χ1v) is 7.67. The Bertz CT molecular complexity index is 425. The van der Waals surface area contributed by atoms with Crippen molar-refractivity contribution >= 4 is 5.91 Å². The molecule has 118 valence electrons. The molecule has 1 aromatic carbocycles. The highest BCUT2D eigenvalue weighted by atomic mass is 16.3. The van der Waals surface area contributed by atoms with Crippen LogP contribution in [-0.2, 0) is 6.54 Å². The maximum absolute atomic E-state index is 12.0. The molecule has 4 heteroatoms. The van der Waals surface area contributed by atoms with Gasteiger partial charge in [0.15, 0.2) is 0 Å². The topological polar surface area (TPSA) is 52.6 Å². The van der Waals surface area contributed by atoms with Crippen LogP contribution in [-0.4, -0.2) is 42.7 Å². The molecule has 2 N–H and O–H groups in total. The Morgan fingerprint density at radius 2 is 1.76 bits per heavy atom. The van der Waals surface area contributed by atoms with Gasteiger partial charge in [-0.2, -0.15) is 0 Å². The van der Waals surface area contributed by atoms with Crippen LogP contribution in [0.1, 0.15) is 42.6 Å². The van der Waals surface area contributed by atoms with Crippen molar-refractivity contribution in [2.24, 2.45) is 5.92 Å². The zero-order valence-corrected chi connectivity index (χ0v) is 13.6. The van der Waals surface area contributed by atoms with Crippen molar-refractivity contribution in [1.82, 2.24) is 10.2 Å². The van der Waals surface area contributed by atoms with E-state index in [4.69, 9.17) is 0 Å². The van der Waals surface area contributed by atoms with Crippen LogP contribution < -0.4 is 5.32 Å². The molecule has 1 aromatic rings. The third kappa shape index (κ3) is 5.86. The molecule has 0 fully saturated rings. The highest BCUT2D eigenvalue weighted by Crippen LogP contribution is 2.12. The first-order valence-electron chi connectivity index (χ1n) is 7.67. The quantitative estimate of drug-likeness (QED) is 0.773. The van der Waals surface area contributed by atoms with Crippen molar-refractivity contribution in [2.75, 3.05) is 20.6 Å². The number of aliphatic hydroxyl groups is 1. The van der Waals surface area contributed by atoms with Crippen LogP contribution in [0.2, 0.25) is 0 Å². The van der Waals surface area contributed by atoms with E-state index in [9.17, 15) is 9.90 Å². The second-order valence-corrected chi connectivity index (χ2v) is 5.79. The van der Waals surface area contributed by atoms with Gasteiger partial charge in [-0.15, -0.1) is 0 Å². The van der Waals surface area contributed by atoms with E-state index in [1.54, 1.807) is 0 Å². The van der Waals surface area contributed by atoms with E-state index in [-0.39, 0.29) is 11.8 Å². The zero-order chi connectivity index (χ0) is 15.8. The summed E-state index contributed by atoms with van der Waals surface area (Å²) in [4.78, 5) is 14.1. The molecule has 0 aliphatic heterocycles. The summed E-state index contributed by atoms with van der Waals surface area (Å²) in [5.41, 5.74) is 1.81. The lowest BCUT2D eigenvalue weighted by Gasteiger charge is -2.20. The second kappa shape index (κ2) is 8.80. The fraction of sp³-hybridized carbons (Fsp3) is 0.588. The Hall–Kier alpha value is -1.39. The van der Waals surface area contributed by atoms with Crippen LogP contribution in [0.15, 0.2) is 24.3 Å². The van der Waals surface area contributed by atoms with Gasteiger partial charge in [0, 0.05) is 18.7 Å². The number of nitrogens with one attached hydrogen (secondary N) is 1. The Morgan fingerprint density at radius 1 is 1.19 bits per heavy atom. The molecule has 0 bridgehead atoms. The fourth-order valence-electron chi connectivity index (χ4n) is 2.43. The highest BCUT2D eigenvalue weighted by molar-refractivity contribution is 5.94. The number of aliphatic hydroxyl groups excluding tert-OH is 1. The van der Waals surface area contributed by atoms with Crippen LogP contribution in [0.25, 0.3) is 0 Å². The minimum atomic E-state index is -0.475. The van der Waals surface area contributed by atoms with Gasteiger partial charge in [-0.05, 0) is 37.7 Å². The fourth-order valence-corrected chi connectivity index (χ4v) is 2.43. The van der Waals surface area contributed by atoms with Crippen LogP contribution in [0.3, 0.4) is 0 Å². The molecule has 0 spiro atoms. The molecule has 0 radical (unpaired) electrons. The van der Waals surface area contributed by atoms with E-state index in [1.807, 2.05) is 38.4 Å². The number of nitrogens with zero attached hydrogens (tertiary/aromatic N) is 1. The summed E-state index contributed by atoms with van der Waals surface area (Å²) in [7, 11) is 4.03. The standard InChI is InChI=1S/C17H28N2O2/c1-5-14(6-2)16(20)11-18-17(21)15-9-7-13(8-10-15)12-19(3)4/h7-10,14,16,20H,5-6,11-12H2,1-4H3,(H,18,21). The number of rotatable bonds is 8. The van der Waals surface area contributed by atoms with Gasteiger partial charge in [-0.3, -0.25) is 4.79 Å². The van der Waals surface area contributed by atoms with Gasteiger partial charge in [-0.1, -0.05) is 38.8 Å². The summed E-state index contributed by atoms with van der Waals surface area (Å²) in [6, 6.07) is 7.59. The zero-order valence-electron chi connectivity index (χ0n) is 13.6. The summed E-state index contributed by atoms with van der Waals surface area (Å²) in [5, 5.41) is 12.8. The first-order chi connectivity index (χ1) is 9.97. The summed E-state index contributed by atoms with van der Waals surface area (Å²) in [6.45, 7) is 5.28.